The first-order chi connectivity index (χ1) is 10.2. The van der Waals surface area contributed by atoms with Gasteiger partial charge in [-0.15, -0.1) is 0 Å². The maximum absolute atomic E-state index is 10.9. The van der Waals surface area contributed by atoms with Crippen LogP contribution in [0.1, 0.15) is 16.6 Å². The Hall–Kier alpha value is -1.39. The summed E-state index contributed by atoms with van der Waals surface area (Å²) in [6.07, 6.45) is -2.51. The highest BCUT2D eigenvalue weighted by atomic mass is 31.2. The van der Waals surface area contributed by atoms with Crippen LogP contribution in [0.15, 0.2) is 24.5 Å². The number of nitrogens with zero attached hydrogens (tertiary/aromatic N) is 1. The number of phosphoric ester groups is 1. The van der Waals surface area contributed by atoms with Crippen molar-refractivity contribution >= 4 is 13.8 Å². The summed E-state index contributed by atoms with van der Waals surface area (Å²) >= 11 is 0. The molecule has 22 heavy (non-hydrogen) atoms. The van der Waals surface area contributed by atoms with Crippen LogP contribution in [-0.4, -0.2) is 56.0 Å². The van der Waals surface area contributed by atoms with Crippen molar-refractivity contribution in [1.82, 2.24) is 0 Å². The van der Waals surface area contributed by atoms with Crippen molar-refractivity contribution in [3.8, 4) is 0 Å². The summed E-state index contributed by atoms with van der Waals surface area (Å²) in [4.78, 5) is 28.2. The fourth-order valence-corrected chi connectivity index (χ4v) is 2.40. The monoisotopic (exact) mass is 341 g/mol. The van der Waals surface area contributed by atoms with Crippen LogP contribution in [0.4, 0.5) is 0 Å². The molecule has 5 N–H and O–H groups in total. The summed E-state index contributed by atoms with van der Waals surface area (Å²) in [5.41, 5.74) is -0.0530. The number of carbonyl (C=O) groups is 1. The van der Waals surface area contributed by atoms with Crippen molar-refractivity contribution < 1.29 is 48.3 Å². The van der Waals surface area contributed by atoms with Gasteiger partial charge in [-0.1, -0.05) is 0 Å². The van der Waals surface area contributed by atoms with Gasteiger partial charge in [0.2, 0.25) is 0 Å². The molecule has 11 heteroatoms. The normalized spacial score (nSPS) is 28.7. The third-order valence-electron chi connectivity index (χ3n) is 3.11. The molecule has 2 heterocycles. The second-order valence-electron chi connectivity index (χ2n) is 4.68. The number of hydrogen-bond donors (Lipinski definition) is 5. The largest absolute Gasteiger partial charge is 0.477 e. The molecule has 0 aromatic carbocycles. The topological polar surface area (TPSA) is 158 Å². The van der Waals surface area contributed by atoms with Gasteiger partial charge in [0.05, 0.1) is 6.61 Å². The Morgan fingerprint density at radius 2 is 2.05 bits per heavy atom. The molecule has 2 rings (SSSR count). The molecule has 0 amide bonds. The molecule has 0 bridgehead atoms. The Morgan fingerprint density at radius 1 is 1.36 bits per heavy atom. The molecule has 10 nitrogen and oxygen atoms in total. The number of carboxylic acid groups (broad SMARTS) is 1. The van der Waals surface area contributed by atoms with Crippen LogP contribution < -0.4 is 4.57 Å². The third-order valence-corrected chi connectivity index (χ3v) is 3.59. The number of rotatable bonds is 5. The molecule has 1 aromatic rings. The van der Waals surface area contributed by atoms with E-state index in [1.165, 1.54) is 29.1 Å². The van der Waals surface area contributed by atoms with Gasteiger partial charge in [0.25, 0.3) is 6.23 Å². The van der Waals surface area contributed by atoms with Crippen LogP contribution in [0.25, 0.3) is 0 Å². The van der Waals surface area contributed by atoms with E-state index in [0.29, 0.717) is 0 Å². The fraction of sp³-hybridized carbons (Fsp3) is 0.455. The number of aromatic nitrogens is 1. The van der Waals surface area contributed by atoms with E-state index < -0.39 is 44.9 Å². The summed E-state index contributed by atoms with van der Waals surface area (Å²) in [6.45, 7) is -0.627. The molecular weight excluding hydrogens is 326 g/mol. The molecule has 4 atom stereocenters. The highest BCUT2D eigenvalue weighted by Gasteiger charge is 2.48. The maximum Gasteiger partial charge on any atom is 0.469 e. The average molecular weight is 341 g/mol. The van der Waals surface area contributed by atoms with Crippen LogP contribution in [0.3, 0.4) is 0 Å². The molecule has 1 aliphatic rings. The van der Waals surface area contributed by atoms with Crippen LogP contribution >= 0.6 is 7.82 Å². The zero-order chi connectivity index (χ0) is 16.5. The van der Waals surface area contributed by atoms with Crippen LogP contribution in [0.5, 0.6) is 0 Å². The number of aromatic carboxylic acids is 1. The lowest BCUT2D eigenvalue weighted by atomic mass is 10.3. The molecule has 1 fully saturated rings. The van der Waals surface area contributed by atoms with Gasteiger partial charge in [-0.05, 0) is 6.07 Å². The van der Waals surface area contributed by atoms with Gasteiger partial charge in [0.15, 0.2) is 18.5 Å². The molecule has 0 radical (unpaired) electrons. The first-order valence-corrected chi connectivity index (χ1v) is 7.68. The van der Waals surface area contributed by atoms with E-state index in [9.17, 15) is 19.6 Å². The lowest BCUT2D eigenvalue weighted by Gasteiger charge is -2.13. The molecular formula is C11H15NO9P+. The number of carboxylic acids is 1. The lowest BCUT2D eigenvalue weighted by Crippen LogP contribution is -2.46. The molecule has 0 aliphatic carbocycles. The molecule has 0 saturated carbocycles. The highest BCUT2D eigenvalue weighted by molar-refractivity contribution is 7.46. The maximum atomic E-state index is 10.9. The minimum Gasteiger partial charge on any atom is -0.477 e. The standard InChI is InChI=1S/C11H14NO9P/c13-8-7(5-20-22(17,18)19)21-10(9(8)14)12-3-1-2-6(4-12)11(15)16/h1-4,7-10,13-14H,5H2,(H2-,15,16,17,18,19)/p+1/t7-,8-,9?,10-/m1/s1/i5+1,7+1,8+1,9+1,10+1. The second kappa shape index (κ2) is 6.39. The summed E-state index contributed by atoms with van der Waals surface area (Å²) in [5.74, 6) is -1.18. The number of ether oxygens (including phenoxy) is 1. The van der Waals surface area contributed by atoms with E-state index in [2.05, 4.69) is 4.52 Å². The van der Waals surface area contributed by atoms with Gasteiger partial charge >= 0.3 is 13.8 Å². The van der Waals surface area contributed by atoms with Gasteiger partial charge in [-0.25, -0.2) is 9.36 Å². The van der Waals surface area contributed by atoms with Crippen molar-refractivity contribution in [2.24, 2.45) is 0 Å². The van der Waals surface area contributed by atoms with Gasteiger partial charge in [-0.3, -0.25) is 4.52 Å². The van der Waals surface area contributed by atoms with Gasteiger partial charge < -0.3 is 29.8 Å². The Kier molecular flexibility index (Phi) is 4.93. The zero-order valence-corrected chi connectivity index (χ0v) is 12.0. The molecule has 1 aromatic heterocycles. The smallest absolute Gasteiger partial charge is 0.469 e. The van der Waals surface area contributed by atoms with E-state index >= 15 is 0 Å². The van der Waals surface area contributed by atoms with E-state index in [4.69, 9.17) is 19.6 Å². The minimum absolute atomic E-state index is 0.0530. The summed E-state index contributed by atoms with van der Waals surface area (Å²) in [5, 5.41) is 28.7. The fourth-order valence-electron chi connectivity index (χ4n) is 2.06. The minimum atomic E-state index is -4.73. The number of pyridine rings is 1. The number of phosphoric acid groups is 1. The SMILES string of the molecule is O=C(O)c1ccc[n+]([13C@@H]2O[13C@H]([13CH2]OP(=O)(O)O)[13C@@H](O)[13CH]2O)c1. The van der Waals surface area contributed by atoms with Crippen molar-refractivity contribution in [2.45, 2.75) is 24.5 Å². The number of hydrogen-bond acceptors (Lipinski definition) is 6. The first-order valence-electron chi connectivity index (χ1n) is 6.15. The second-order valence-corrected chi connectivity index (χ2v) is 5.92. The quantitative estimate of drug-likeness (QED) is 0.242. The molecule has 1 aliphatic heterocycles. The summed E-state index contributed by atoms with van der Waals surface area (Å²) < 4.78 is 21.4. The first kappa shape index (κ1) is 17.0. The van der Waals surface area contributed by atoms with Crippen LogP contribution in [-0.2, 0) is 13.8 Å². The van der Waals surface area contributed by atoms with Crippen LogP contribution in [0.2, 0.25) is 0 Å². The van der Waals surface area contributed by atoms with Crippen molar-refractivity contribution in [3.63, 3.8) is 0 Å². The van der Waals surface area contributed by atoms with E-state index in [1.54, 1.807) is 0 Å². The third kappa shape index (κ3) is 3.87. The summed E-state index contributed by atoms with van der Waals surface area (Å²) in [7, 11) is -4.73. The van der Waals surface area contributed by atoms with E-state index in [0.717, 1.165) is 0 Å². The van der Waals surface area contributed by atoms with E-state index in [-0.39, 0.29) is 5.56 Å². The Bertz CT molecular complexity index is 603. The predicted molar refractivity (Wildman–Crippen MR) is 67.5 cm³/mol. The van der Waals surface area contributed by atoms with Gasteiger partial charge in [0, 0.05) is 6.07 Å². The van der Waals surface area contributed by atoms with Crippen molar-refractivity contribution in [3.05, 3.63) is 30.1 Å². The highest BCUT2D eigenvalue weighted by Crippen LogP contribution is 2.37. The lowest BCUT2D eigenvalue weighted by molar-refractivity contribution is -0.765. The number of aliphatic hydroxyl groups excluding tert-OH is 2. The average Bonchev–Trinajstić information content (AvgIpc) is 2.72. The van der Waals surface area contributed by atoms with Crippen LogP contribution in [0, 0.1) is 0 Å². The predicted octanol–water partition coefficient (Wildman–Crippen LogP) is -1.60. The van der Waals surface area contributed by atoms with E-state index in [1.807, 2.05) is 0 Å². The molecule has 1 saturated heterocycles. The molecule has 122 valence electrons. The van der Waals surface area contributed by atoms with Crippen molar-refractivity contribution in [2.75, 3.05) is 6.61 Å². The number of aliphatic hydroxyl groups is 2. The summed E-state index contributed by atoms with van der Waals surface area (Å²) in [6, 6.07) is 2.76. The Labute approximate surface area is 124 Å². The van der Waals surface area contributed by atoms with Gasteiger partial charge in [-0.2, -0.15) is 4.57 Å². The molecule has 0 spiro atoms. The van der Waals surface area contributed by atoms with Gasteiger partial charge in [0.1, 0.15) is 17.8 Å². The Balaban J connectivity index is 2.14. The van der Waals surface area contributed by atoms with Crippen molar-refractivity contribution in [1.29, 1.82) is 0 Å². The molecule has 1 unspecified atom stereocenters. The zero-order valence-electron chi connectivity index (χ0n) is 11.1. The Morgan fingerprint density at radius 3 is 2.64 bits per heavy atom.